The summed E-state index contributed by atoms with van der Waals surface area (Å²) < 4.78 is 54.0. The third-order valence-corrected chi connectivity index (χ3v) is 6.58. The van der Waals surface area contributed by atoms with Crippen molar-refractivity contribution in [2.45, 2.75) is 23.5 Å². The summed E-state index contributed by atoms with van der Waals surface area (Å²) in [6.45, 7) is 2.35. The zero-order chi connectivity index (χ0) is 17.8. The number of hydrogen-bond donors (Lipinski definition) is 2. The van der Waals surface area contributed by atoms with E-state index < -0.39 is 26.4 Å². The molecule has 1 aliphatic rings. The first kappa shape index (κ1) is 19.2. The van der Waals surface area contributed by atoms with Gasteiger partial charge in [0.25, 0.3) is 5.91 Å². The van der Waals surface area contributed by atoms with Crippen molar-refractivity contribution < 1.29 is 26.7 Å². The molecule has 1 amide bonds. The third-order valence-electron chi connectivity index (χ3n) is 4.12. The molecule has 0 aromatic carbocycles. The lowest BCUT2D eigenvalue weighted by Gasteiger charge is -2.37. The van der Waals surface area contributed by atoms with Crippen molar-refractivity contribution in [3.05, 3.63) is 16.3 Å². The highest BCUT2D eigenvalue weighted by Crippen LogP contribution is 2.30. The van der Waals surface area contributed by atoms with Gasteiger partial charge in [-0.1, -0.05) is 0 Å². The highest BCUT2D eigenvalue weighted by Gasteiger charge is 2.35. The second-order valence-electron chi connectivity index (χ2n) is 5.79. The molecule has 1 aliphatic heterocycles. The van der Waals surface area contributed by atoms with E-state index in [2.05, 4.69) is 10.6 Å². The Kier molecular flexibility index (Phi) is 6.29. The van der Waals surface area contributed by atoms with Crippen molar-refractivity contribution >= 4 is 27.1 Å². The zero-order valence-corrected chi connectivity index (χ0v) is 14.8. The third kappa shape index (κ3) is 4.11. The summed E-state index contributed by atoms with van der Waals surface area (Å²) in [5.41, 5.74) is -0.241. The number of sulfone groups is 1. The van der Waals surface area contributed by atoms with Crippen LogP contribution in [0.5, 0.6) is 0 Å². The van der Waals surface area contributed by atoms with E-state index in [0.717, 1.165) is 43.3 Å². The first-order valence-electron chi connectivity index (χ1n) is 7.40. The summed E-state index contributed by atoms with van der Waals surface area (Å²) in [6, 6.07) is 1.04. The van der Waals surface area contributed by atoms with Gasteiger partial charge in [0.1, 0.15) is 4.88 Å². The molecular weight excluding hydrogens is 362 g/mol. The van der Waals surface area contributed by atoms with Gasteiger partial charge in [-0.05, 0) is 37.4 Å². The van der Waals surface area contributed by atoms with Gasteiger partial charge in [-0.15, -0.1) is 11.3 Å². The fourth-order valence-corrected chi connectivity index (χ4v) is 4.85. The molecule has 0 radical (unpaired) electrons. The van der Waals surface area contributed by atoms with Crippen LogP contribution in [-0.2, 0) is 14.6 Å². The standard InChI is InChI=1S/C14H20F2N2O4S2/c1-22-9-14(3-5-17-6-4-14)8-18-12(19)11-10(2-7-23-11)24(20,21)13(15)16/h2,7,13,17H,3-6,8-9H2,1H3,(H,18,19). The summed E-state index contributed by atoms with van der Waals surface area (Å²) in [4.78, 5) is 11.5. The largest absolute Gasteiger partial charge is 0.384 e. The monoisotopic (exact) mass is 382 g/mol. The SMILES string of the molecule is COCC1(CNC(=O)c2sccc2S(=O)(=O)C(F)F)CCNCC1. The van der Waals surface area contributed by atoms with Crippen molar-refractivity contribution in [1.82, 2.24) is 10.6 Å². The molecule has 0 atom stereocenters. The zero-order valence-electron chi connectivity index (χ0n) is 13.2. The van der Waals surface area contributed by atoms with E-state index in [-0.39, 0.29) is 10.3 Å². The number of nitrogens with one attached hydrogen (secondary N) is 2. The van der Waals surface area contributed by atoms with Gasteiger partial charge in [-0.25, -0.2) is 8.42 Å². The van der Waals surface area contributed by atoms with Gasteiger partial charge < -0.3 is 15.4 Å². The van der Waals surface area contributed by atoms with Gasteiger partial charge in [0.15, 0.2) is 0 Å². The molecule has 2 N–H and O–H groups in total. The summed E-state index contributed by atoms with van der Waals surface area (Å²) in [7, 11) is -3.21. The Morgan fingerprint density at radius 3 is 2.71 bits per heavy atom. The minimum absolute atomic E-state index is 0.211. The molecule has 136 valence electrons. The molecule has 0 spiro atoms. The van der Waals surface area contributed by atoms with Gasteiger partial charge >= 0.3 is 5.76 Å². The van der Waals surface area contributed by atoms with Crippen molar-refractivity contribution in [1.29, 1.82) is 0 Å². The maximum absolute atomic E-state index is 12.7. The summed E-state index contributed by atoms with van der Waals surface area (Å²) in [6.07, 6.45) is 1.60. The van der Waals surface area contributed by atoms with Gasteiger partial charge in [-0.3, -0.25) is 4.79 Å². The van der Waals surface area contributed by atoms with E-state index in [4.69, 9.17) is 4.74 Å². The van der Waals surface area contributed by atoms with Crippen LogP contribution in [0.25, 0.3) is 0 Å². The molecule has 0 aliphatic carbocycles. The van der Waals surface area contributed by atoms with E-state index in [0.29, 0.717) is 13.2 Å². The molecule has 1 aromatic heterocycles. The Balaban J connectivity index is 2.12. The predicted molar refractivity (Wildman–Crippen MR) is 86.3 cm³/mol. The summed E-state index contributed by atoms with van der Waals surface area (Å²) in [5.74, 6) is -4.21. The molecule has 6 nitrogen and oxygen atoms in total. The number of halogens is 2. The fraction of sp³-hybridized carbons (Fsp3) is 0.643. The molecule has 2 heterocycles. The molecule has 0 bridgehead atoms. The number of methoxy groups -OCH3 is 1. The number of amides is 1. The van der Waals surface area contributed by atoms with Crippen LogP contribution in [0.1, 0.15) is 22.5 Å². The van der Waals surface area contributed by atoms with E-state index in [1.807, 2.05) is 0 Å². The Hall–Kier alpha value is -1.10. The quantitative estimate of drug-likeness (QED) is 0.746. The van der Waals surface area contributed by atoms with Gasteiger partial charge in [-0.2, -0.15) is 8.78 Å². The number of piperidine rings is 1. The van der Waals surface area contributed by atoms with Crippen molar-refractivity contribution in [2.75, 3.05) is 33.4 Å². The van der Waals surface area contributed by atoms with Crippen LogP contribution in [-0.4, -0.2) is 53.4 Å². The van der Waals surface area contributed by atoms with Crippen LogP contribution in [0.3, 0.4) is 0 Å². The molecule has 24 heavy (non-hydrogen) atoms. The number of ether oxygens (including phenoxy) is 1. The highest BCUT2D eigenvalue weighted by molar-refractivity contribution is 7.92. The maximum atomic E-state index is 12.7. The lowest BCUT2D eigenvalue weighted by molar-refractivity contribution is 0.0512. The smallest absolute Gasteiger partial charge is 0.341 e. The Morgan fingerprint density at radius 2 is 2.12 bits per heavy atom. The number of rotatable bonds is 7. The van der Waals surface area contributed by atoms with Gasteiger partial charge in [0.2, 0.25) is 9.84 Å². The second-order valence-corrected chi connectivity index (χ2v) is 8.59. The molecule has 1 fully saturated rings. The van der Waals surface area contributed by atoms with Crippen LogP contribution >= 0.6 is 11.3 Å². The lowest BCUT2D eigenvalue weighted by Crippen LogP contribution is -2.47. The topological polar surface area (TPSA) is 84.5 Å². The van der Waals surface area contributed by atoms with E-state index in [1.165, 1.54) is 5.38 Å². The summed E-state index contributed by atoms with van der Waals surface area (Å²) in [5, 5.41) is 7.23. The van der Waals surface area contributed by atoms with Crippen LogP contribution in [0, 0.1) is 5.41 Å². The number of carbonyl (C=O) groups is 1. The maximum Gasteiger partial charge on any atom is 0.341 e. The van der Waals surface area contributed by atoms with Crippen molar-refractivity contribution in [3.8, 4) is 0 Å². The number of carbonyl (C=O) groups excluding carboxylic acids is 1. The Labute approximate surface area is 143 Å². The Morgan fingerprint density at radius 1 is 1.46 bits per heavy atom. The van der Waals surface area contributed by atoms with Crippen molar-refractivity contribution in [3.63, 3.8) is 0 Å². The molecule has 0 unspecified atom stereocenters. The number of hydrogen-bond acceptors (Lipinski definition) is 6. The second kappa shape index (κ2) is 7.85. The average molecular weight is 382 g/mol. The molecule has 0 saturated carbocycles. The average Bonchev–Trinajstić information content (AvgIpc) is 3.04. The Bertz CT molecular complexity index is 665. The molecule has 2 rings (SSSR count). The van der Waals surface area contributed by atoms with Crippen LogP contribution in [0.15, 0.2) is 16.3 Å². The van der Waals surface area contributed by atoms with E-state index in [9.17, 15) is 22.0 Å². The summed E-state index contributed by atoms with van der Waals surface area (Å²) >= 11 is 0.833. The normalized spacial score (nSPS) is 17.8. The van der Waals surface area contributed by atoms with Crippen molar-refractivity contribution in [2.24, 2.45) is 5.41 Å². The predicted octanol–water partition coefficient (Wildman–Crippen LogP) is 1.49. The van der Waals surface area contributed by atoms with Crippen LogP contribution in [0.4, 0.5) is 8.78 Å². The van der Waals surface area contributed by atoms with Gasteiger partial charge in [0.05, 0.1) is 11.5 Å². The minimum atomic E-state index is -4.80. The van der Waals surface area contributed by atoms with E-state index >= 15 is 0 Å². The van der Waals surface area contributed by atoms with Crippen LogP contribution in [0.2, 0.25) is 0 Å². The number of alkyl halides is 2. The molecular formula is C14H20F2N2O4S2. The lowest BCUT2D eigenvalue weighted by atomic mass is 9.79. The van der Waals surface area contributed by atoms with Crippen LogP contribution < -0.4 is 10.6 Å². The number of thiophene rings is 1. The fourth-order valence-electron chi connectivity index (χ4n) is 2.77. The minimum Gasteiger partial charge on any atom is -0.384 e. The first-order chi connectivity index (χ1) is 11.3. The van der Waals surface area contributed by atoms with Gasteiger partial charge in [0, 0.05) is 19.1 Å². The first-order valence-corrected chi connectivity index (χ1v) is 9.82. The molecule has 1 saturated heterocycles. The molecule has 1 aromatic rings. The highest BCUT2D eigenvalue weighted by atomic mass is 32.2. The molecule has 10 heteroatoms. The van der Waals surface area contributed by atoms with E-state index in [1.54, 1.807) is 7.11 Å².